The quantitative estimate of drug-likeness (QED) is 0.454. The molecule has 2 aromatic heterocycles. The van der Waals surface area contributed by atoms with Crippen LogP contribution in [0.5, 0.6) is 0 Å². The Morgan fingerprint density at radius 1 is 0.903 bits per heavy atom. The van der Waals surface area contributed by atoms with Crippen molar-refractivity contribution in [3.05, 3.63) is 71.9 Å². The highest BCUT2D eigenvalue weighted by Crippen LogP contribution is 2.40. The Morgan fingerprint density at radius 2 is 1.65 bits per heavy atom. The second-order valence-corrected chi connectivity index (χ2v) is 8.52. The minimum Gasteiger partial charge on any atom is -0.370 e. The van der Waals surface area contributed by atoms with Crippen molar-refractivity contribution in [3.63, 3.8) is 0 Å². The summed E-state index contributed by atoms with van der Waals surface area (Å²) < 4.78 is 2.16. The number of anilines is 1. The van der Waals surface area contributed by atoms with E-state index in [9.17, 15) is 5.26 Å². The van der Waals surface area contributed by atoms with Crippen molar-refractivity contribution in [2.24, 2.45) is 0 Å². The molecule has 1 saturated heterocycles. The van der Waals surface area contributed by atoms with Crippen LogP contribution in [0.4, 0.5) is 5.69 Å². The molecular formula is C26H23N5. The van der Waals surface area contributed by atoms with Crippen molar-refractivity contribution >= 4 is 16.9 Å². The highest BCUT2D eigenvalue weighted by molar-refractivity contribution is 5.90. The molecule has 5 nitrogen and oxygen atoms in total. The summed E-state index contributed by atoms with van der Waals surface area (Å²) >= 11 is 0. The van der Waals surface area contributed by atoms with Gasteiger partial charge in [-0.05, 0) is 79.6 Å². The summed E-state index contributed by atoms with van der Waals surface area (Å²) in [5.74, 6) is 1.59. The topological polar surface area (TPSA) is 57.7 Å². The maximum atomic E-state index is 9.19. The smallest absolute Gasteiger partial charge is 0.167 e. The molecule has 3 heterocycles. The summed E-state index contributed by atoms with van der Waals surface area (Å²) in [6, 6.07) is 20.8. The van der Waals surface area contributed by atoms with E-state index in [-0.39, 0.29) is 0 Å². The molecule has 0 amide bonds. The number of benzene rings is 2. The van der Waals surface area contributed by atoms with Crippen LogP contribution in [0, 0.1) is 11.3 Å². The average Bonchev–Trinajstić information content (AvgIpc) is 3.38. The Morgan fingerprint density at radius 3 is 2.32 bits per heavy atom. The van der Waals surface area contributed by atoms with Gasteiger partial charge in [0.05, 0.1) is 17.3 Å². The molecule has 0 radical (unpaired) electrons. The Balaban J connectivity index is 1.56. The van der Waals surface area contributed by atoms with Crippen molar-refractivity contribution in [3.8, 4) is 23.1 Å². The molecule has 0 N–H and O–H groups in total. The van der Waals surface area contributed by atoms with E-state index in [2.05, 4.69) is 45.9 Å². The van der Waals surface area contributed by atoms with Gasteiger partial charge < -0.3 is 4.90 Å². The number of rotatable bonds is 4. The SMILES string of the molecule is N#Cc1ccc(-c2nc3c(N4CCCC4)ccnc3n2-c2ccc(C3CC3)cc2)cc1. The molecule has 0 unspecified atom stereocenters. The lowest BCUT2D eigenvalue weighted by Crippen LogP contribution is -2.18. The third-order valence-electron chi connectivity index (χ3n) is 6.44. The molecular weight excluding hydrogens is 382 g/mol. The van der Waals surface area contributed by atoms with E-state index in [0.29, 0.717) is 5.56 Å². The first-order chi connectivity index (χ1) is 15.3. The molecule has 152 valence electrons. The summed E-state index contributed by atoms with van der Waals surface area (Å²) in [6.45, 7) is 2.13. The van der Waals surface area contributed by atoms with Crippen molar-refractivity contribution in [2.45, 2.75) is 31.6 Å². The summed E-state index contributed by atoms with van der Waals surface area (Å²) in [5, 5.41) is 9.19. The first-order valence-electron chi connectivity index (χ1n) is 11.0. The van der Waals surface area contributed by atoms with Gasteiger partial charge in [0.15, 0.2) is 5.65 Å². The average molecular weight is 406 g/mol. The van der Waals surface area contributed by atoms with Crippen LogP contribution in [0.2, 0.25) is 0 Å². The zero-order chi connectivity index (χ0) is 20.8. The fourth-order valence-corrected chi connectivity index (χ4v) is 4.62. The van der Waals surface area contributed by atoms with Gasteiger partial charge in [0, 0.05) is 30.5 Å². The highest BCUT2D eigenvalue weighted by atomic mass is 15.2. The second-order valence-electron chi connectivity index (χ2n) is 8.52. The van der Waals surface area contributed by atoms with E-state index in [4.69, 9.17) is 9.97 Å². The van der Waals surface area contributed by atoms with Gasteiger partial charge in [0.1, 0.15) is 11.3 Å². The van der Waals surface area contributed by atoms with Crippen LogP contribution in [-0.2, 0) is 0 Å². The van der Waals surface area contributed by atoms with Crippen LogP contribution in [0.3, 0.4) is 0 Å². The predicted octanol–water partition coefficient (Wildman–Crippen LogP) is 5.44. The van der Waals surface area contributed by atoms with Gasteiger partial charge in [-0.15, -0.1) is 0 Å². The molecule has 0 bridgehead atoms. The number of nitrogens with zero attached hydrogens (tertiary/aromatic N) is 5. The van der Waals surface area contributed by atoms with E-state index in [1.54, 1.807) is 0 Å². The van der Waals surface area contributed by atoms with Crippen molar-refractivity contribution in [1.29, 1.82) is 5.26 Å². The van der Waals surface area contributed by atoms with Crippen LogP contribution < -0.4 is 4.90 Å². The lowest BCUT2D eigenvalue weighted by molar-refractivity contribution is 0.949. The zero-order valence-corrected chi connectivity index (χ0v) is 17.3. The molecule has 6 rings (SSSR count). The van der Waals surface area contributed by atoms with Crippen LogP contribution in [0.1, 0.15) is 42.7 Å². The summed E-state index contributed by atoms with van der Waals surface area (Å²) in [7, 11) is 0. The van der Waals surface area contributed by atoms with Gasteiger partial charge >= 0.3 is 0 Å². The van der Waals surface area contributed by atoms with Gasteiger partial charge in [-0.25, -0.2) is 9.97 Å². The second kappa shape index (κ2) is 7.24. The standard InChI is InChI=1S/C26H23N5/c27-17-18-3-5-21(6-4-18)25-29-24-23(30-15-1-2-16-30)13-14-28-26(24)31(25)22-11-9-20(10-12-22)19-7-8-19/h3-6,9-14,19H,1-2,7-8,15-16H2. The number of hydrogen-bond acceptors (Lipinski definition) is 4. The fraction of sp³-hybridized carbons (Fsp3) is 0.269. The van der Waals surface area contributed by atoms with Crippen molar-refractivity contribution in [2.75, 3.05) is 18.0 Å². The van der Waals surface area contributed by atoms with Gasteiger partial charge in [-0.3, -0.25) is 4.57 Å². The summed E-state index contributed by atoms with van der Waals surface area (Å²) in [6.07, 6.45) is 6.93. The van der Waals surface area contributed by atoms with Gasteiger partial charge in [0.25, 0.3) is 0 Å². The fourth-order valence-electron chi connectivity index (χ4n) is 4.62. The van der Waals surface area contributed by atoms with Crippen LogP contribution in [-0.4, -0.2) is 27.6 Å². The molecule has 1 aliphatic carbocycles. The molecule has 0 atom stereocenters. The van der Waals surface area contributed by atoms with E-state index in [1.165, 1.54) is 31.2 Å². The largest absolute Gasteiger partial charge is 0.370 e. The minimum atomic E-state index is 0.649. The Bertz CT molecular complexity index is 1280. The van der Waals surface area contributed by atoms with E-state index in [1.807, 2.05) is 30.5 Å². The monoisotopic (exact) mass is 405 g/mol. The number of pyridine rings is 1. The van der Waals surface area contributed by atoms with Crippen molar-refractivity contribution < 1.29 is 0 Å². The molecule has 1 aliphatic heterocycles. The molecule has 2 aliphatic rings. The molecule has 4 aromatic rings. The molecule has 5 heteroatoms. The Labute approximate surface area is 181 Å². The maximum absolute atomic E-state index is 9.19. The molecule has 2 aromatic carbocycles. The zero-order valence-electron chi connectivity index (χ0n) is 17.3. The maximum Gasteiger partial charge on any atom is 0.167 e. The molecule has 0 spiro atoms. The number of imidazole rings is 1. The minimum absolute atomic E-state index is 0.649. The van der Waals surface area contributed by atoms with Gasteiger partial charge in [-0.2, -0.15) is 5.26 Å². The summed E-state index contributed by atoms with van der Waals surface area (Å²) in [5.41, 5.74) is 7.09. The third-order valence-corrected chi connectivity index (χ3v) is 6.44. The van der Waals surface area contributed by atoms with E-state index < -0.39 is 0 Å². The normalized spacial score (nSPS) is 16.0. The van der Waals surface area contributed by atoms with E-state index >= 15 is 0 Å². The Kier molecular flexibility index (Phi) is 4.24. The number of hydrogen-bond donors (Lipinski definition) is 0. The number of nitriles is 1. The first kappa shape index (κ1) is 18.1. The van der Waals surface area contributed by atoms with Gasteiger partial charge in [0.2, 0.25) is 0 Å². The van der Waals surface area contributed by atoms with Gasteiger partial charge in [-0.1, -0.05) is 12.1 Å². The summed E-state index contributed by atoms with van der Waals surface area (Å²) in [4.78, 5) is 12.3. The molecule has 31 heavy (non-hydrogen) atoms. The highest BCUT2D eigenvalue weighted by Gasteiger charge is 2.24. The van der Waals surface area contributed by atoms with Crippen LogP contribution in [0.25, 0.3) is 28.2 Å². The van der Waals surface area contributed by atoms with E-state index in [0.717, 1.165) is 52.9 Å². The number of fused-ring (bicyclic) bond motifs is 1. The first-order valence-corrected chi connectivity index (χ1v) is 11.0. The molecule has 1 saturated carbocycles. The van der Waals surface area contributed by atoms with Crippen molar-refractivity contribution in [1.82, 2.24) is 14.5 Å². The Hall–Kier alpha value is -3.65. The lowest BCUT2D eigenvalue weighted by Gasteiger charge is -2.17. The van der Waals surface area contributed by atoms with Crippen LogP contribution in [0.15, 0.2) is 60.8 Å². The molecule has 2 fully saturated rings. The van der Waals surface area contributed by atoms with Crippen LogP contribution >= 0.6 is 0 Å². The predicted molar refractivity (Wildman–Crippen MR) is 122 cm³/mol. The third kappa shape index (κ3) is 3.16. The lowest BCUT2D eigenvalue weighted by atomic mass is 10.1. The number of aromatic nitrogens is 3.